The van der Waals surface area contributed by atoms with Crippen LogP contribution in [0, 0.1) is 10.1 Å². The fourth-order valence-electron chi connectivity index (χ4n) is 1.55. The molecule has 0 aliphatic rings. The second kappa shape index (κ2) is 3.47. The number of nitro benzene ring substituents is 1. The second-order valence-electron chi connectivity index (χ2n) is 3.29. The Balaban J connectivity index is 2.53. The Bertz CT molecular complexity index is 807. The summed E-state index contributed by atoms with van der Waals surface area (Å²) in [5.74, 6) is 0. The van der Waals surface area contributed by atoms with Crippen molar-refractivity contribution < 1.29 is 9.34 Å². The van der Waals surface area contributed by atoms with E-state index in [0.717, 1.165) is 0 Å². The number of rotatable bonds is 1. The number of hydrogen-bond donors (Lipinski definition) is 0. The Morgan fingerprint density at radius 1 is 1.29 bits per heavy atom. The fraction of sp³-hybridized carbons (Fsp3) is 0. The zero-order valence-corrected chi connectivity index (χ0v) is 9.83. The van der Waals surface area contributed by atoms with Crippen LogP contribution in [-0.2, 0) is 0 Å². The van der Waals surface area contributed by atoms with Crippen LogP contribution >= 0.6 is 0 Å². The van der Waals surface area contributed by atoms with Crippen LogP contribution in [0.25, 0.3) is 22.0 Å². The van der Waals surface area contributed by atoms with Gasteiger partial charge in [0.2, 0.25) is 0 Å². The van der Waals surface area contributed by atoms with Crippen LogP contribution in [0.1, 0.15) is 0 Å². The Hall–Kier alpha value is -2.05. The number of hydrogen-bond acceptors (Lipinski definition) is 6. The quantitative estimate of drug-likeness (QED) is 0.284. The summed E-state index contributed by atoms with van der Waals surface area (Å²) in [5.41, 5.74) is 0.238. The third-order valence-electron chi connectivity index (χ3n) is 2.31. The first-order valence-electron chi connectivity index (χ1n) is 4.50. The zero-order valence-electron chi connectivity index (χ0n) is 8.11. The predicted octanol–water partition coefficient (Wildman–Crippen LogP) is 0.701. The summed E-state index contributed by atoms with van der Waals surface area (Å²) in [6, 6.07) is 4.03. The molecule has 0 saturated heterocycles. The molecule has 0 radical (unpaired) electrons. The molecule has 0 fully saturated rings. The van der Waals surface area contributed by atoms with Gasteiger partial charge in [0, 0.05) is 0 Å². The van der Waals surface area contributed by atoms with Crippen LogP contribution in [0.2, 0.25) is 0 Å². The van der Waals surface area contributed by atoms with E-state index in [2.05, 4.69) is 7.96 Å². The van der Waals surface area contributed by atoms with E-state index in [4.69, 9.17) is 4.42 Å². The Labute approximate surface area is 99.1 Å². The molecule has 0 spiro atoms. The van der Waals surface area contributed by atoms with Gasteiger partial charge in [0.25, 0.3) is 0 Å². The zero-order chi connectivity index (χ0) is 12.0. The SMILES string of the molecule is O=c1oc2ccc([N+](=O)[O-])cc2c2n[se]nc12. The summed E-state index contributed by atoms with van der Waals surface area (Å²) in [6.45, 7) is 0. The van der Waals surface area contributed by atoms with Gasteiger partial charge in [-0.25, -0.2) is 0 Å². The van der Waals surface area contributed by atoms with Crippen molar-refractivity contribution in [3.63, 3.8) is 0 Å². The molecule has 84 valence electrons. The van der Waals surface area contributed by atoms with Gasteiger partial charge >= 0.3 is 98.7 Å². The molecule has 0 aliphatic heterocycles. The maximum absolute atomic E-state index is 11.5. The first-order chi connectivity index (χ1) is 8.16. The summed E-state index contributed by atoms with van der Waals surface area (Å²) in [6.07, 6.45) is 0. The molecule has 2 heterocycles. The van der Waals surface area contributed by atoms with E-state index < -0.39 is 10.5 Å². The Morgan fingerprint density at radius 2 is 2.06 bits per heavy atom. The van der Waals surface area contributed by atoms with Gasteiger partial charge in [-0.15, -0.1) is 0 Å². The summed E-state index contributed by atoms with van der Waals surface area (Å²) in [7, 11) is 0. The summed E-state index contributed by atoms with van der Waals surface area (Å²) < 4.78 is 13.1. The van der Waals surface area contributed by atoms with Gasteiger partial charge in [0.15, 0.2) is 0 Å². The molecular formula is C9H3N3O4Se. The average molecular weight is 296 g/mol. The Kier molecular flexibility index (Phi) is 2.07. The van der Waals surface area contributed by atoms with E-state index in [-0.39, 0.29) is 31.7 Å². The van der Waals surface area contributed by atoms with Gasteiger partial charge in [-0.3, -0.25) is 0 Å². The topological polar surface area (TPSA) is 99.1 Å². The number of nitro groups is 1. The van der Waals surface area contributed by atoms with E-state index in [9.17, 15) is 14.9 Å². The van der Waals surface area contributed by atoms with Gasteiger partial charge < -0.3 is 0 Å². The first kappa shape index (κ1) is 10.1. The molecule has 0 unspecified atom stereocenters. The van der Waals surface area contributed by atoms with Gasteiger partial charge in [0.05, 0.1) is 0 Å². The number of fused-ring (bicyclic) bond motifs is 3. The molecule has 3 aromatic rings. The van der Waals surface area contributed by atoms with Crippen molar-refractivity contribution in [2.24, 2.45) is 0 Å². The number of nitrogens with zero attached hydrogens (tertiary/aromatic N) is 3. The van der Waals surface area contributed by atoms with Gasteiger partial charge in [-0.1, -0.05) is 0 Å². The van der Waals surface area contributed by atoms with Crippen molar-refractivity contribution in [1.29, 1.82) is 0 Å². The predicted molar refractivity (Wildman–Crippen MR) is 59.2 cm³/mol. The van der Waals surface area contributed by atoms with Crippen LogP contribution < -0.4 is 5.63 Å². The van der Waals surface area contributed by atoms with E-state index >= 15 is 0 Å². The first-order valence-corrected chi connectivity index (χ1v) is 6.03. The summed E-state index contributed by atoms with van der Waals surface area (Å²) in [5, 5.41) is 11.1. The van der Waals surface area contributed by atoms with Crippen LogP contribution in [0.4, 0.5) is 5.69 Å². The van der Waals surface area contributed by atoms with E-state index in [0.29, 0.717) is 10.9 Å². The standard InChI is InChI=1S/C9H3N3O4Se/c13-9-8-7(10-17-11-8)5-3-4(12(14)15)1-2-6(5)16-9/h1-3H. The molecule has 17 heavy (non-hydrogen) atoms. The van der Waals surface area contributed by atoms with Crippen LogP contribution in [0.3, 0.4) is 0 Å². The minimum absolute atomic E-state index is 0.0665. The molecule has 0 N–H and O–H groups in total. The molecule has 0 saturated carbocycles. The molecule has 0 amide bonds. The number of non-ortho nitro benzene ring substituents is 1. The fourth-order valence-corrected chi connectivity index (χ4v) is 2.71. The monoisotopic (exact) mass is 297 g/mol. The van der Waals surface area contributed by atoms with Gasteiger partial charge in [-0.2, -0.15) is 0 Å². The van der Waals surface area contributed by atoms with Gasteiger partial charge in [-0.05, 0) is 0 Å². The molecular weight excluding hydrogens is 293 g/mol. The molecule has 2 aromatic heterocycles. The van der Waals surface area contributed by atoms with Crippen molar-refractivity contribution in [3.8, 4) is 0 Å². The summed E-state index contributed by atoms with van der Waals surface area (Å²) in [4.78, 5) is 21.7. The van der Waals surface area contributed by atoms with Crippen molar-refractivity contribution in [1.82, 2.24) is 7.96 Å². The third-order valence-corrected chi connectivity index (χ3v) is 3.42. The third kappa shape index (κ3) is 1.46. The van der Waals surface area contributed by atoms with E-state index in [1.54, 1.807) is 0 Å². The van der Waals surface area contributed by atoms with Crippen molar-refractivity contribution in [3.05, 3.63) is 38.7 Å². The molecule has 0 aliphatic carbocycles. The number of benzene rings is 1. The average Bonchev–Trinajstić information content (AvgIpc) is 2.78. The molecule has 0 bridgehead atoms. The molecule has 0 atom stereocenters. The Morgan fingerprint density at radius 3 is 2.82 bits per heavy atom. The van der Waals surface area contributed by atoms with Crippen molar-refractivity contribution in [2.45, 2.75) is 0 Å². The number of aromatic nitrogens is 2. The van der Waals surface area contributed by atoms with E-state index in [1.165, 1.54) is 18.2 Å². The molecule has 3 rings (SSSR count). The maximum atomic E-state index is 11.5. The van der Waals surface area contributed by atoms with Crippen molar-refractivity contribution in [2.75, 3.05) is 0 Å². The summed E-state index contributed by atoms with van der Waals surface area (Å²) >= 11 is -0.379. The minimum atomic E-state index is -0.551. The van der Waals surface area contributed by atoms with Crippen LogP contribution in [-0.4, -0.2) is 27.8 Å². The molecule has 1 aromatic carbocycles. The van der Waals surface area contributed by atoms with Crippen molar-refractivity contribution >= 4 is 42.7 Å². The normalized spacial score (nSPS) is 11.1. The molecule has 7 nitrogen and oxygen atoms in total. The molecule has 8 heteroatoms. The van der Waals surface area contributed by atoms with Crippen LogP contribution in [0.15, 0.2) is 27.4 Å². The van der Waals surface area contributed by atoms with Crippen LogP contribution in [0.5, 0.6) is 0 Å². The van der Waals surface area contributed by atoms with E-state index in [1.807, 2.05) is 0 Å². The van der Waals surface area contributed by atoms with Gasteiger partial charge in [0.1, 0.15) is 0 Å². The second-order valence-corrected chi connectivity index (χ2v) is 4.40.